The van der Waals surface area contributed by atoms with Crippen molar-refractivity contribution in [1.29, 1.82) is 0 Å². The molecule has 2 aromatic rings. The fourth-order valence-electron chi connectivity index (χ4n) is 5.88. The van der Waals surface area contributed by atoms with Gasteiger partial charge in [-0.3, -0.25) is 24.4 Å². The first-order valence-electron chi connectivity index (χ1n) is 20.7. The van der Waals surface area contributed by atoms with Crippen molar-refractivity contribution in [2.45, 2.75) is 143 Å². The van der Waals surface area contributed by atoms with Crippen LogP contribution >= 0.6 is 0 Å². The van der Waals surface area contributed by atoms with Gasteiger partial charge in [0.2, 0.25) is 12.3 Å². The number of unbranched alkanes of at least 4 members (excludes halogenated alkanes) is 2. The molecule has 0 bridgehead atoms. The third kappa shape index (κ3) is 14.1. The summed E-state index contributed by atoms with van der Waals surface area (Å²) < 4.78 is 25.1. The highest BCUT2D eigenvalue weighted by Crippen LogP contribution is 2.41. The number of benzene rings is 1. The quantitative estimate of drug-likeness (QED) is 0.0144. The van der Waals surface area contributed by atoms with Gasteiger partial charge >= 0.3 is 0 Å². The number of amides is 3. The normalized spacial score (nSPS) is 13.8. The standard InChI is InChI=1S/C43H73N3O10Si2/c1-14-17-18-19-34(35(15-2)46(52)30-48)39(50)44-29-45-40(51)38-21-20-37(56-38)32-22-31(23-33(24-32)53-16-3)36(49)25-43(26-47,27-54-57(10,11)41(4,5)6)28-55-58(12,13)42(7,8)9/h20-24,30,34-35,47,52H,14-19,25-29H2,1-13H3,(H,44,50)(H,45,51)/t34-,35-/m1/s1. The number of carbonyl (C=O) groups excluding carboxylic acids is 4. The number of rotatable bonds is 25. The minimum atomic E-state index is -2.27. The van der Waals surface area contributed by atoms with Crippen LogP contribution in [0.1, 0.15) is 122 Å². The van der Waals surface area contributed by atoms with E-state index < -0.39 is 45.8 Å². The summed E-state index contributed by atoms with van der Waals surface area (Å²) in [4.78, 5) is 51.9. The zero-order valence-electron chi connectivity index (χ0n) is 37.5. The summed E-state index contributed by atoms with van der Waals surface area (Å²) in [6, 6.07) is 7.51. The smallest absolute Gasteiger partial charge is 0.288 e. The highest BCUT2D eigenvalue weighted by molar-refractivity contribution is 6.74. The molecule has 0 unspecified atom stereocenters. The van der Waals surface area contributed by atoms with E-state index in [4.69, 9.17) is 18.0 Å². The van der Waals surface area contributed by atoms with Crippen molar-refractivity contribution in [2.24, 2.45) is 11.3 Å². The van der Waals surface area contributed by atoms with Crippen molar-refractivity contribution >= 4 is 40.6 Å². The van der Waals surface area contributed by atoms with Crippen molar-refractivity contribution in [2.75, 3.05) is 33.1 Å². The SMILES string of the molecule is CCCCC[C@@H](C(=O)NCNC(=O)c1ccc(-c2cc(OCC)cc(C(=O)CC(CO)(CO[Si](C)(C)C(C)(C)C)CO[Si](C)(C)C(C)(C)C)c2)o1)[C@@H](CC)N(O)C=O. The van der Waals surface area contributed by atoms with Gasteiger partial charge in [0.15, 0.2) is 28.2 Å². The molecule has 0 saturated carbocycles. The summed E-state index contributed by atoms with van der Waals surface area (Å²) in [5.41, 5.74) is -0.150. The molecular formula is C43H73N3O10Si2. The molecule has 0 aliphatic carbocycles. The van der Waals surface area contributed by atoms with E-state index in [1.807, 2.05) is 13.8 Å². The number of furan rings is 1. The number of ketones is 1. The molecule has 328 valence electrons. The lowest BCUT2D eigenvalue weighted by atomic mass is 9.83. The van der Waals surface area contributed by atoms with Crippen LogP contribution in [0.4, 0.5) is 0 Å². The molecule has 1 heterocycles. The maximum Gasteiger partial charge on any atom is 0.288 e. The molecule has 0 radical (unpaired) electrons. The Morgan fingerprint density at radius 1 is 0.897 bits per heavy atom. The van der Waals surface area contributed by atoms with Crippen LogP contribution in [0.2, 0.25) is 36.3 Å². The molecule has 1 aromatic carbocycles. The summed E-state index contributed by atoms with van der Waals surface area (Å²) in [5, 5.41) is 26.9. The summed E-state index contributed by atoms with van der Waals surface area (Å²) in [5.74, 6) is -1.12. The number of hydroxylamine groups is 2. The van der Waals surface area contributed by atoms with Crippen LogP contribution in [-0.2, 0) is 18.4 Å². The van der Waals surface area contributed by atoms with Crippen LogP contribution in [0.3, 0.4) is 0 Å². The summed E-state index contributed by atoms with van der Waals surface area (Å²) in [6.45, 7) is 27.3. The van der Waals surface area contributed by atoms with E-state index in [2.05, 4.69) is 78.4 Å². The minimum Gasteiger partial charge on any atom is -0.494 e. The van der Waals surface area contributed by atoms with Crippen molar-refractivity contribution in [1.82, 2.24) is 15.7 Å². The molecule has 13 nitrogen and oxygen atoms in total. The lowest BCUT2D eigenvalue weighted by Crippen LogP contribution is -2.50. The molecule has 0 fully saturated rings. The van der Waals surface area contributed by atoms with Crippen molar-refractivity contribution < 1.29 is 47.5 Å². The average molecular weight is 848 g/mol. The molecule has 58 heavy (non-hydrogen) atoms. The van der Waals surface area contributed by atoms with Crippen LogP contribution in [0.15, 0.2) is 34.7 Å². The summed E-state index contributed by atoms with van der Waals surface area (Å²) >= 11 is 0. The predicted molar refractivity (Wildman–Crippen MR) is 232 cm³/mol. The van der Waals surface area contributed by atoms with Crippen LogP contribution < -0.4 is 15.4 Å². The Hall–Kier alpha value is -3.35. The van der Waals surface area contributed by atoms with Crippen LogP contribution in [0.25, 0.3) is 11.3 Å². The Bertz CT molecular complexity index is 1620. The van der Waals surface area contributed by atoms with Gasteiger partial charge < -0.3 is 33.7 Å². The van der Waals surface area contributed by atoms with E-state index in [1.54, 1.807) is 31.2 Å². The maximum atomic E-state index is 14.3. The molecular weight excluding hydrogens is 775 g/mol. The van der Waals surface area contributed by atoms with E-state index in [-0.39, 0.29) is 54.5 Å². The molecule has 0 spiro atoms. The number of hydrogen-bond acceptors (Lipinski definition) is 10. The Morgan fingerprint density at radius 3 is 2.00 bits per heavy atom. The van der Waals surface area contributed by atoms with E-state index in [0.717, 1.165) is 19.3 Å². The van der Waals surface area contributed by atoms with Gasteiger partial charge in [0.25, 0.3) is 5.91 Å². The van der Waals surface area contributed by atoms with E-state index in [1.165, 1.54) is 6.07 Å². The molecule has 2 atom stereocenters. The highest BCUT2D eigenvalue weighted by atomic mass is 28.4. The second-order valence-corrected chi connectivity index (χ2v) is 28.1. The first-order valence-corrected chi connectivity index (χ1v) is 26.5. The average Bonchev–Trinajstić information content (AvgIpc) is 3.65. The highest BCUT2D eigenvalue weighted by Gasteiger charge is 2.44. The second-order valence-electron chi connectivity index (χ2n) is 18.5. The lowest BCUT2D eigenvalue weighted by molar-refractivity contribution is -0.168. The topological polar surface area (TPSA) is 177 Å². The molecule has 2 rings (SSSR count). The molecule has 1 aromatic heterocycles. The summed E-state index contributed by atoms with van der Waals surface area (Å²) in [6.07, 6.45) is 3.70. The number of aliphatic hydroxyl groups is 1. The van der Waals surface area contributed by atoms with Crippen molar-refractivity contribution in [3.05, 3.63) is 41.7 Å². The molecule has 0 aliphatic heterocycles. The van der Waals surface area contributed by atoms with E-state index in [9.17, 15) is 29.5 Å². The van der Waals surface area contributed by atoms with Gasteiger partial charge in [-0.2, -0.15) is 0 Å². The zero-order valence-corrected chi connectivity index (χ0v) is 39.5. The van der Waals surface area contributed by atoms with Gasteiger partial charge in [-0.15, -0.1) is 0 Å². The molecule has 15 heteroatoms. The number of ether oxygens (including phenoxy) is 1. The minimum absolute atomic E-state index is 0.0165. The van der Waals surface area contributed by atoms with Gasteiger partial charge in [0.1, 0.15) is 11.5 Å². The Labute approximate surface area is 349 Å². The Morgan fingerprint density at radius 2 is 1.50 bits per heavy atom. The van der Waals surface area contributed by atoms with Gasteiger partial charge in [0.05, 0.1) is 31.8 Å². The molecule has 3 amide bonds. The van der Waals surface area contributed by atoms with Gasteiger partial charge in [-0.1, -0.05) is 74.7 Å². The maximum absolute atomic E-state index is 14.3. The van der Waals surface area contributed by atoms with Crippen LogP contribution in [-0.4, -0.2) is 95.2 Å². The predicted octanol–water partition coefficient (Wildman–Crippen LogP) is 8.57. The van der Waals surface area contributed by atoms with E-state index >= 15 is 0 Å². The zero-order chi connectivity index (χ0) is 44.1. The van der Waals surface area contributed by atoms with E-state index in [0.29, 0.717) is 53.6 Å². The monoisotopic (exact) mass is 847 g/mol. The first-order chi connectivity index (χ1) is 26.9. The van der Waals surface area contributed by atoms with Crippen LogP contribution in [0.5, 0.6) is 5.75 Å². The summed E-state index contributed by atoms with van der Waals surface area (Å²) in [7, 11) is -4.53. The number of aliphatic hydroxyl groups excluding tert-OH is 1. The number of hydrogen-bond donors (Lipinski definition) is 4. The number of Topliss-reactive ketones (excluding diaryl/α,β-unsaturated/α-hetero) is 1. The van der Waals surface area contributed by atoms with Gasteiger partial charge in [0, 0.05) is 36.2 Å². The largest absolute Gasteiger partial charge is 0.494 e. The Kier molecular flexibility index (Phi) is 19.1. The first kappa shape index (κ1) is 50.8. The lowest BCUT2D eigenvalue weighted by Gasteiger charge is -2.43. The molecule has 0 saturated heterocycles. The van der Waals surface area contributed by atoms with Crippen molar-refractivity contribution in [3.63, 3.8) is 0 Å². The van der Waals surface area contributed by atoms with Gasteiger partial charge in [-0.25, -0.2) is 5.06 Å². The molecule has 0 aliphatic rings. The third-order valence-electron chi connectivity index (χ3n) is 11.9. The van der Waals surface area contributed by atoms with Crippen LogP contribution in [0, 0.1) is 11.3 Å². The van der Waals surface area contributed by atoms with Gasteiger partial charge in [-0.05, 0) is 86.4 Å². The number of carbonyl (C=O) groups is 4. The number of nitrogens with one attached hydrogen (secondary N) is 2. The molecule has 4 N–H and O–H groups in total. The Balaban J connectivity index is 2.36. The fraction of sp³-hybridized carbons (Fsp3) is 0.674. The third-order valence-corrected chi connectivity index (χ3v) is 20.9. The van der Waals surface area contributed by atoms with Crippen molar-refractivity contribution in [3.8, 4) is 17.1 Å². The number of nitrogens with zero attached hydrogens (tertiary/aromatic N) is 1. The second kappa shape index (κ2) is 21.8. The fourth-order valence-corrected chi connectivity index (χ4v) is 8.08.